The highest BCUT2D eigenvalue weighted by molar-refractivity contribution is 5.98. The molecule has 0 saturated carbocycles. The van der Waals surface area contributed by atoms with Gasteiger partial charge in [-0.05, 0) is 50.1 Å². The number of carbonyl (C=O) groups is 1. The maximum Gasteiger partial charge on any atom is 0.323 e. The van der Waals surface area contributed by atoms with E-state index in [4.69, 9.17) is 4.74 Å². The molecule has 2 aromatic heterocycles. The number of fused-ring (bicyclic) bond motifs is 1. The molecule has 0 aliphatic heterocycles. The fourth-order valence-electron chi connectivity index (χ4n) is 2.96. The summed E-state index contributed by atoms with van der Waals surface area (Å²) in [7, 11) is 3.25. The van der Waals surface area contributed by atoms with Crippen LogP contribution in [-0.4, -0.2) is 62.3 Å². The molecule has 0 aliphatic carbocycles. The van der Waals surface area contributed by atoms with Crippen molar-refractivity contribution in [2.24, 2.45) is 0 Å². The number of aromatic nitrogens is 4. The third kappa shape index (κ3) is 5.73. The number of H-pyrrole nitrogens is 2. The molecule has 0 saturated heterocycles. The highest BCUT2D eigenvalue weighted by atomic mass is 16.5. The first kappa shape index (κ1) is 22.1. The van der Waals surface area contributed by atoms with Gasteiger partial charge in [-0.3, -0.25) is 5.32 Å². The molecule has 0 radical (unpaired) electrons. The summed E-state index contributed by atoms with van der Waals surface area (Å²) in [6.45, 7) is 3.83. The van der Waals surface area contributed by atoms with Crippen LogP contribution >= 0.6 is 0 Å². The van der Waals surface area contributed by atoms with Crippen molar-refractivity contribution < 1.29 is 14.6 Å². The Labute approximate surface area is 180 Å². The summed E-state index contributed by atoms with van der Waals surface area (Å²) in [5.74, 6) is 0.925. The largest absolute Gasteiger partial charge is 0.494 e. The van der Waals surface area contributed by atoms with Crippen molar-refractivity contribution >= 4 is 23.0 Å². The number of carbonyl (C=O) groups excluding carboxylic acids is 1. The summed E-state index contributed by atoms with van der Waals surface area (Å²) in [6, 6.07) is 9.14. The Morgan fingerprint density at radius 3 is 2.84 bits per heavy atom. The van der Waals surface area contributed by atoms with Crippen LogP contribution in [0.5, 0.6) is 5.75 Å². The molecule has 9 heteroatoms. The van der Waals surface area contributed by atoms with E-state index in [0.29, 0.717) is 35.7 Å². The zero-order valence-electron chi connectivity index (χ0n) is 18.1. The Balaban J connectivity index is 1.95. The topological polar surface area (TPSA) is 119 Å². The number of urea groups is 1. The van der Waals surface area contributed by atoms with Crippen molar-refractivity contribution in [3.05, 3.63) is 49.1 Å². The lowest BCUT2D eigenvalue weighted by atomic mass is 10.1. The molecule has 164 valence electrons. The van der Waals surface area contributed by atoms with Gasteiger partial charge in [0.2, 0.25) is 5.95 Å². The lowest BCUT2D eigenvalue weighted by molar-refractivity contribution is 0.0643. The van der Waals surface area contributed by atoms with Crippen molar-refractivity contribution in [1.29, 1.82) is 0 Å². The number of hydrogen-bond donors (Lipinski definition) is 4. The summed E-state index contributed by atoms with van der Waals surface area (Å²) in [4.78, 5) is 28.9. The molecule has 0 fully saturated rings. The molecule has 9 nitrogen and oxygen atoms in total. The van der Waals surface area contributed by atoms with Gasteiger partial charge in [0.1, 0.15) is 16.8 Å². The Bertz CT molecular complexity index is 1070. The molecule has 0 unspecified atom stereocenters. The van der Waals surface area contributed by atoms with E-state index in [1.165, 1.54) is 4.90 Å². The summed E-state index contributed by atoms with van der Waals surface area (Å²) in [6.07, 6.45) is 5.51. The maximum atomic E-state index is 12.6. The quantitative estimate of drug-likeness (QED) is 0.481. The van der Waals surface area contributed by atoms with Gasteiger partial charge >= 0.3 is 6.03 Å². The minimum absolute atomic E-state index is 0.309. The third-order valence-corrected chi connectivity index (χ3v) is 4.73. The van der Waals surface area contributed by atoms with E-state index < -0.39 is 5.60 Å². The number of methoxy groups -OCH3 is 1. The monoisotopic (exact) mass is 424 g/mol. The van der Waals surface area contributed by atoms with Crippen molar-refractivity contribution in [2.75, 3.05) is 26.0 Å². The SMILES string of the molecule is COc1ccc(-c2ccc[nH]cncc2)c2nc(NC(=O)N(C)CCC(C)(C)O)[nH]c12. The van der Waals surface area contributed by atoms with Crippen molar-refractivity contribution in [3.8, 4) is 16.9 Å². The Kier molecular flexibility index (Phi) is 6.76. The number of aromatic amines is 2. The first-order valence-corrected chi connectivity index (χ1v) is 9.91. The molecular formula is C22H28N6O3. The molecule has 0 spiro atoms. The number of rotatable bonds is 6. The number of imidazole rings is 1. The number of anilines is 1. The highest BCUT2D eigenvalue weighted by Gasteiger charge is 2.18. The van der Waals surface area contributed by atoms with Gasteiger partial charge in [0.15, 0.2) is 0 Å². The minimum Gasteiger partial charge on any atom is -0.494 e. The van der Waals surface area contributed by atoms with Crippen molar-refractivity contribution in [3.63, 3.8) is 0 Å². The number of amides is 2. The first-order valence-electron chi connectivity index (χ1n) is 9.91. The smallest absolute Gasteiger partial charge is 0.323 e. The lowest BCUT2D eigenvalue weighted by Gasteiger charge is -2.22. The van der Waals surface area contributed by atoms with Gasteiger partial charge < -0.3 is 24.7 Å². The number of aliphatic hydroxyl groups is 1. The van der Waals surface area contributed by atoms with Gasteiger partial charge in [-0.1, -0.05) is 6.07 Å². The van der Waals surface area contributed by atoms with Crippen LogP contribution in [0.2, 0.25) is 0 Å². The average molecular weight is 425 g/mol. The second-order valence-electron chi connectivity index (χ2n) is 7.78. The normalized spacial score (nSPS) is 11.1. The Morgan fingerprint density at radius 2 is 2.10 bits per heavy atom. The molecule has 0 aliphatic rings. The fourth-order valence-corrected chi connectivity index (χ4v) is 2.96. The van der Waals surface area contributed by atoms with Gasteiger partial charge in [-0.25, -0.2) is 14.8 Å². The summed E-state index contributed by atoms with van der Waals surface area (Å²) >= 11 is 0. The first-order chi connectivity index (χ1) is 14.8. The van der Waals surface area contributed by atoms with E-state index in [1.54, 1.807) is 46.7 Å². The number of benzene rings is 1. The highest BCUT2D eigenvalue weighted by Crippen LogP contribution is 2.33. The van der Waals surface area contributed by atoms with Crippen LogP contribution in [0.1, 0.15) is 20.3 Å². The second-order valence-corrected chi connectivity index (χ2v) is 7.78. The van der Waals surface area contributed by atoms with Crippen molar-refractivity contribution in [2.45, 2.75) is 25.9 Å². The maximum absolute atomic E-state index is 12.6. The molecule has 31 heavy (non-hydrogen) atoms. The van der Waals surface area contributed by atoms with E-state index in [2.05, 4.69) is 25.3 Å². The van der Waals surface area contributed by atoms with Gasteiger partial charge in [0.05, 0.1) is 19.0 Å². The number of nitrogens with one attached hydrogen (secondary N) is 3. The van der Waals surface area contributed by atoms with Crippen LogP contribution < -0.4 is 10.1 Å². The molecule has 0 bridgehead atoms. The van der Waals surface area contributed by atoms with E-state index in [0.717, 1.165) is 11.1 Å². The average Bonchev–Trinajstić information content (AvgIpc) is 3.19. The van der Waals surface area contributed by atoms with Gasteiger partial charge in [-0.2, -0.15) is 0 Å². The Hall–Kier alpha value is -3.59. The van der Waals surface area contributed by atoms with E-state index >= 15 is 0 Å². The molecule has 2 amide bonds. The number of hydrogen-bond acceptors (Lipinski definition) is 5. The van der Waals surface area contributed by atoms with Gasteiger partial charge in [0, 0.05) is 31.5 Å². The third-order valence-electron chi connectivity index (χ3n) is 4.73. The molecule has 3 aromatic rings. The van der Waals surface area contributed by atoms with Crippen LogP contribution in [0.15, 0.2) is 49.1 Å². The molecule has 3 rings (SSSR count). The van der Waals surface area contributed by atoms with Crippen LogP contribution in [0.3, 0.4) is 0 Å². The predicted molar refractivity (Wildman–Crippen MR) is 120 cm³/mol. The van der Waals surface area contributed by atoms with E-state index in [9.17, 15) is 9.90 Å². The van der Waals surface area contributed by atoms with Crippen molar-refractivity contribution in [1.82, 2.24) is 24.8 Å². The Morgan fingerprint density at radius 1 is 1.29 bits per heavy atom. The minimum atomic E-state index is -0.845. The second kappa shape index (κ2) is 9.48. The van der Waals surface area contributed by atoms with Gasteiger partial charge in [-0.15, -0.1) is 0 Å². The van der Waals surface area contributed by atoms with Crippen LogP contribution in [0.25, 0.3) is 22.2 Å². The number of nitrogens with zero attached hydrogens (tertiary/aromatic N) is 3. The van der Waals surface area contributed by atoms with E-state index in [-0.39, 0.29) is 6.03 Å². The molecular weight excluding hydrogens is 396 g/mol. The van der Waals surface area contributed by atoms with E-state index in [1.807, 2.05) is 30.3 Å². The molecule has 2 heterocycles. The standard InChI is InChI=1S/C22H28N6O3/c1-22(2,30)10-13-28(3)21(29)27-20-25-18-16(7-8-17(31-4)19(18)26-20)15-6-5-11-23-14-24-12-9-15/h5-9,11-12,14,30H,10,13H2,1-4H3,(H,23,24)(H2,25,26,27,29). The van der Waals surface area contributed by atoms with Crippen LogP contribution in [0.4, 0.5) is 10.7 Å². The predicted octanol–water partition coefficient (Wildman–Crippen LogP) is 3.71. The summed E-state index contributed by atoms with van der Waals surface area (Å²) < 4.78 is 5.47. The van der Waals surface area contributed by atoms with Crippen LogP contribution in [0, 0.1) is 0 Å². The van der Waals surface area contributed by atoms with Gasteiger partial charge in [0.25, 0.3) is 0 Å². The zero-order valence-corrected chi connectivity index (χ0v) is 18.1. The zero-order chi connectivity index (χ0) is 22.4. The summed E-state index contributed by atoms with van der Waals surface area (Å²) in [5, 5.41) is 12.7. The number of ether oxygens (including phenoxy) is 1. The molecule has 4 N–H and O–H groups in total. The molecule has 1 aromatic carbocycles. The molecule has 0 atom stereocenters. The lowest BCUT2D eigenvalue weighted by Crippen LogP contribution is -2.35. The fraction of sp³-hybridized carbons (Fsp3) is 0.318. The summed E-state index contributed by atoms with van der Waals surface area (Å²) in [5.41, 5.74) is 2.25. The van der Waals surface area contributed by atoms with Crippen LogP contribution in [-0.2, 0) is 0 Å².